The van der Waals surface area contributed by atoms with Gasteiger partial charge in [0.2, 0.25) is 0 Å². The Morgan fingerprint density at radius 1 is 1.42 bits per heavy atom. The van der Waals surface area contributed by atoms with Crippen LogP contribution in [0.1, 0.15) is 34.1 Å². The summed E-state index contributed by atoms with van der Waals surface area (Å²) in [5.74, 6) is 1.68. The van der Waals surface area contributed by atoms with Gasteiger partial charge < -0.3 is 4.74 Å². The van der Waals surface area contributed by atoms with E-state index in [0.29, 0.717) is 12.0 Å². The van der Waals surface area contributed by atoms with Gasteiger partial charge in [-0.3, -0.25) is 0 Å². The largest absolute Gasteiger partial charge is 0.490 e. The molecule has 1 heterocycles. The molecule has 1 unspecified atom stereocenters. The fraction of sp³-hybridized carbons (Fsp3) is 0.636. The topological polar surface area (TPSA) is 9.23 Å². The molecule has 0 saturated heterocycles. The molecule has 68 valence electrons. The van der Waals surface area contributed by atoms with E-state index in [0.717, 1.165) is 12.2 Å². The van der Waals surface area contributed by atoms with Gasteiger partial charge in [0.25, 0.3) is 0 Å². The van der Waals surface area contributed by atoms with Crippen molar-refractivity contribution >= 4 is 0 Å². The van der Waals surface area contributed by atoms with Crippen molar-refractivity contribution in [2.24, 2.45) is 5.92 Å². The van der Waals surface area contributed by atoms with Gasteiger partial charge in [-0.2, -0.15) is 0 Å². The third-order valence-corrected chi connectivity index (χ3v) is 2.21. The SMILES string of the molecule is CCC1=CC=C(C)C(C(C)C)O1. The first-order chi connectivity index (χ1) is 5.65. The van der Waals surface area contributed by atoms with Gasteiger partial charge in [0.05, 0.1) is 5.76 Å². The molecule has 1 aliphatic rings. The van der Waals surface area contributed by atoms with Gasteiger partial charge >= 0.3 is 0 Å². The van der Waals surface area contributed by atoms with Crippen molar-refractivity contribution in [1.82, 2.24) is 0 Å². The summed E-state index contributed by atoms with van der Waals surface area (Å²) < 4.78 is 5.80. The predicted molar refractivity (Wildman–Crippen MR) is 51.8 cm³/mol. The average molecular weight is 166 g/mol. The van der Waals surface area contributed by atoms with Gasteiger partial charge in [0.1, 0.15) is 6.10 Å². The van der Waals surface area contributed by atoms with E-state index < -0.39 is 0 Å². The molecule has 0 radical (unpaired) electrons. The van der Waals surface area contributed by atoms with Crippen molar-refractivity contribution in [3.63, 3.8) is 0 Å². The van der Waals surface area contributed by atoms with Crippen molar-refractivity contribution in [2.75, 3.05) is 0 Å². The number of hydrogen-bond donors (Lipinski definition) is 0. The second-order valence-corrected chi connectivity index (χ2v) is 3.68. The summed E-state index contributed by atoms with van der Waals surface area (Å²) in [4.78, 5) is 0. The number of hydrogen-bond acceptors (Lipinski definition) is 1. The highest BCUT2D eigenvalue weighted by molar-refractivity contribution is 5.22. The molecule has 0 spiro atoms. The zero-order valence-electron chi connectivity index (χ0n) is 8.42. The lowest BCUT2D eigenvalue weighted by Gasteiger charge is -2.27. The monoisotopic (exact) mass is 166 g/mol. The Kier molecular flexibility index (Phi) is 2.96. The van der Waals surface area contributed by atoms with Crippen molar-refractivity contribution in [3.8, 4) is 0 Å². The number of ether oxygens (including phenoxy) is 1. The van der Waals surface area contributed by atoms with Gasteiger partial charge in [-0.05, 0) is 24.5 Å². The van der Waals surface area contributed by atoms with Crippen LogP contribution >= 0.6 is 0 Å². The minimum atomic E-state index is 0.296. The summed E-state index contributed by atoms with van der Waals surface area (Å²) in [6.07, 6.45) is 5.54. The van der Waals surface area contributed by atoms with E-state index in [1.807, 2.05) is 0 Å². The maximum atomic E-state index is 5.80. The molecule has 0 N–H and O–H groups in total. The molecule has 0 aliphatic carbocycles. The first-order valence-corrected chi connectivity index (χ1v) is 4.69. The second kappa shape index (κ2) is 3.79. The summed E-state index contributed by atoms with van der Waals surface area (Å²) in [7, 11) is 0. The minimum Gasteiger partial charge on any atom is -0.490 e. The molecule has 1 atom stereocenters. The lowest BCUT2D eigenvalue weighted by Crippen LogP contribution is -2.22. The van der Waals surface area contributed by atoms with Crippen molar-refractivity contribution < 1.29 is 4.74 Å². The normalized spacial score (nSPS) is 23.2. The first-order valence-electron chi connectivity index (χ1n) is 4.69. The minimum absolute atomic E-state index is 0.296. The molecule has 0 aromatic rings. The van der Waals surface area contributed by atoms with E-state index in [-0.39, 0.29) is 0 Å². The highest BCUT2D eigenvalue weighted by atomic mass is 16.5. The summed E-state index contributed by atoms with van der Waals surface area (Å²) in [5, 5.41) is 0. The molecular weight excluding hydrogens is 148 g/mol. The van der Waals surface area contributed by atoms with E-state index >= 15 is 0 Å². The molecule has 0 aromatic carbocycles. The maximum Gasteiger partial charge on any atom is 0.122 e. The van der Waals surface area contributed by atoms with E-state index in [4.69, 9.17) is 4.74 Å². The van der Waals surface area contributed by atoms with E-state index in [1.165, 1.54) is 5.57 Å². The Bertz CT molecular complexity index is 211. The van der Waals surface area contributed by atoms with Gasteiger partial charge in [0, 0.05) is 6.42 Å². The fourth-order valence-electron chi connectivity index (χ4n) is 1.48. The summed E-state index contributed by atoms with van der Waals surface area (Å²) >= 11 is 0. The first kappa shape index (κ1) is 9.37. The lowest BCUT2D eigenvalue weighted by atomic mass is 9.98. The highest BCUT2D eigenvalue weighted by Crippen LogP contribution is 2.24. The quantitative estimate of drug-likeness (QED) is 0.611. The molecule has 0 saturated carbocycles. The molecular formula is C11H18O. The maximum absolute atomic E-state index is 5.80. The van der Waals surface area contributed by atoms with Gasteiger partial charge in [-0.15, -0.1) is 0 Å². The van der Waals surface area contributed by atoms with Crippen molar-refractivity contribution in [3.05, 3.63) is 23.5 Å². The highest BCUT2D eigenvalue weighted by Gasteiger charge is 2.19. The third kappa shape index (κ3) is 1.90. The molecule has 0 amide bonds. The molecule has 1 rings (SSSR count). The van der Waals surface area contributed by atoms with Crippen LogP contribution < -0.4 is 0 Å². The molecule has 0 aromatic heterocycles. The smallest absolute Gasteiger partial charge is 0.122 e. The Labute approximate surface area is 75.1 Å². The second-order valence-electron chi connectivity index (χ2n) is 3.68. The Morgan fingerprint density at radius 3 is 2.58 bits per heavy atom. The summed E-state index contributed by atoms with van der Waals surface area (Å²) in [6.45, 7) is 8.65. The van der Waals surface area contributed by atoms with Crippen LogP contribution in [0.25, 0.3) is 0 Å². The number of rotatable bonds is 2. The summed E-state index contributed by atoms with van der Waals surface area (Å²) in [5.41, 5.74) is 1.34. The van der Waals surface area contributed by atoms with Crippen LogP contribution in [0.2, 0.25) is 0 Å². The fourth-order valence-corrected chi connectivity index (χ4v) is 1.48. The molecule has 1 aliphatic heterocycles. The standard InChI is InChI=1S/C11H18O/c1-5-10-7-6-9(4)11(12-10)8(2)3/h6-8,11H,5H2,1-4H3. The van der Waals surface area contributed by atoms with Crippen LogP contribution in [0.3, 0.4) is 0 Å². The lowest BCUT2D eigenvalue weighted by molar-refractivity contribution is 0.0973. The van der Waals surface area contributed by atoms with Crippen LogP contribution in [0.5, 0.6) is 0 Å². The van der Waals surface area contributed by atoms with Gasteiger partial charge in [0.15, 0.2) is 0 Å². The van der Waals surface area contributed by atoms with E-state index in [9.17, 15) is 0 Å². The Balaban J connectivity index is 2.72. The van der Waals surface area contributed by atoms with Crippen LogP contribution in [-0.4, -0.2) is 6.10 Å². The molecule has 0 bridgehead atoms. The summed E-state index contributed by atoms with van der Waals surface area (Å²) in [6, 6.07) is 0. The molecule has 1 heteroatoms. The molecule has 12 heavy (non-hydrogen) atoms. The third-order valence-electron chi connectivity index (χ3n) is 2.21. The van der Waals surface area contributed by atoms with Crippen LogP contribution in [0.4, 0.5) is 0 Å². The predicted octanol–water partition coefficient (Wildman–Crippen LogP) is 3.28. The van der Waals surface area contributed by atoms with Crippen LogP contribution in [-0.2, 0) is 4.74 Å². The Morgan fingerprint density at radius 2 is 2.08 bits per heavy atom. The number of allylic oxidation sites excluding steroid dienone is 3. The van der Waals surface area contributed by atoms with Crippen LogP contribution in [0.15, 0.2) is 23.5 Å². The van der Waals surface area contributed by atoms with E-state index in [1.54, 1.807) is 0 Å². The van der Waals surface area contributed by atoms with Crippen molar-refractivity contribution in [1.29, 1.82) is 0 Å². The Hall–Kier alpha value is -0.720. The zero-order chi connectivity index (χ0) is 9.14. The van der Waals surface area contributed by atoms with Gasteiger partial charge in [-0.1, -0.05) is 26.8 Å². The van der Waals surface area contributed by atoms with Crippen molar-refractivity contribution in [2.45, 2.75) is 40.2 Å². The van der Waals surface area contributed by atoms with E-state index in [2.05, 4.69) is 39.8 Å². The molecule has 0 fully saturated rings. The average Bonchev–Trinajstić information content (AvgIpc) is 2.05. The van der Waals surface area contributed by atoms with Gasteiger partial charge in [-0.25, -0.2) is 0 Å². The molecule has 1 nitrogen and oxygen atoms in total. The van der Waals surface area contributed by atoms with Crippen LogP contribution in [0, 0.1) is 5.92 Å². The zero-order valence-corrected chi connectivity index (χ0v) is 8.42.